The minimum atomic E-state index is -0.823. The van der Waals surface area contributed by atoms with Crippen LogP contribution in [-0.4, -0.2) is 51.4 Å². The first-order valence-corrected chi connectivity index (χ1v) is 12.3. The van der Waals surface area contributed by atoms with E-state index in [1.807, 2.05) is 47.4 Å². The van der Waals surface area contributed by atoms with Crippen molar-refractivity contribution in [2.75, 3.05) is 31.4 Å². The van der Waals surface area contributed by atoms with Gasteiger partial charge in [-0.15, -0.1) is 0 Å². The first kappa shape index (κ1) is 19.5. The fourth-order valence-electron chi connectivity index (χ4n) is 4.73. The van der Waals surface area contributed by atoms with Gasteiger partial charge >= 0.3 is 0 Å². The van der Waals surface area contributed by atoms with Gasteiger partial charge in [0.25, 0.3) is 5.91 Å². The zero-order valence-electron chi connectivity index (χ0n) is 17.5. The maximum Gasteiger partial charge on any atom is 0.254 e. The average molecular weight is 447 g/mol. The molecule has 1 aromatic heterocycles. The van der Waals surface area contributed by atoms with Crippen LogP contribution >= 0.6 is 0 Å². The summed E-state index contributed by atoms with van der Waals surface area (Å²) in [6.07, 6.45) is 3.75. The van der Waals surface area contributed by atoms with Crippen LogP contribution in [0.25, 0.3) is 22.6 Å². The summed E-state index contributed by atoms with van der Waals surface area (Å²) in [6, 6.07) is 13.8. The minimum absolute atomic E-state index is 0.0286. The molecule has 0 bridgehead atoms. The van der Waals surface area contributed by atoms with Gasteiger partial charge in [-0.3, -0.25) is 9.00 Å². The van der Waals surface area contributed by atoms with E-state index in [9.17, 15) is 9.00 Å². The fourth-order valence-corrected chi connectivity index (χ4v) is 5.78. The molecule has 1 amide bonds. The largest absolute Gasteiger partial charge is 0.454 e. The van der Waals surface area contributed by atoms with Crippen LogP contribution in [0.2, 0.25) is 0 Å². The van der Waals surface area contributed by atoms with Crippen molar-refractivity contribution in [1.82, 2.24) is 9.88 Å². The molecule has 0 radical (unpaired) electrons. The minimum Gasteiger partial charge on any atom is -0.454 e. The van der Waals surface area contributed by atoms with Gasteiger partial charge < -0.3 is 14.4 Å². The van der Waals surface area contributed by atoms with Gasteiger partial charge in [0, 0.05) is 40.8 Å². The summed E-state index contributed by atoms with van der Waals surface area (Å²) >= 11 is 0. The van der Waals surface area contributed by atoms with Gasteiger partial charge in [0.15, 0.2) is 11.5 Å². The van der Waals surface area contributed by atoms with Crippen LogP contribution in [0, 0.1) is 0 Å². The molecule has 2 aliphatic heterocycles. The van der Waals surface area contributed by atoms with E-state index in [2.05, 4.69) is 6.08 Å². The smallest absolute Gasteiger partial charge is 0.254 e. The number of allylic oxidation sites excluding steroid dienone is 1. The summed E-state index contributed by atoms with van der Waals surface area (Å²) in [6.45, 7) is 1.33. The molecule has 32 heavy (non-hydrogen) atoms. The molecule has 1 saturated heterocycles. The molecule has 162 valence electrons. The zero-order chi connectivity index (χ0) is 21.7. The van der Waals surface area contributed by atoms with E-state index >= 15 is 0 Å². The summed E-state index contributed by atoms with van der Waals surface area (Å²) in [5, 5.41) is 0.896. The van der Waals surface area contributed by atoms with Gasteiger partial charge in [-0.1, -0.05) is 24.3 Å². The van der Waals surface area contributed by atoms with Gasteiger partial charge in [0.1, 0.15) is 0 Å². The molecule has 3 heterocycles. The summed E-state index contributed by atoms with van der Waals surface area (Å²) in [7, 11) is -0.823. The van der Waals surface area contributed by atoms with Crippen LogP contribution in [0.15, 0.2) is 42.5 Å². The van der Waals surface area contributed by atoms with Crippen LogP contribution in [0.1, 0.15) is 33.6 Å². The zero-order valence-corrected chi connectivity index (χ0v) is 18.3. The molecule has 0 unspecified atom stereocenters. The van der Waals surface area contributed by atoms with Gasteiger partial charge in [-0.25, -0.2) is 4.98 Å². The van der Waals surface area contributed by atoms with Crippen LogP contribution in [0.4, 0.5) is 0 Å². The highest BCUT2D eigenvalue weighted by Crippen LogP contribution is 2.39. The molecular formula is C25H22N2O4S. The van der Waals surface area contributed by atoms with Crippen molar-refractivity contribution in [1.29, 1.82) is 0 Å². The highest BCUT2D eigenvalue weighted by Gasteiger charge is 2.30. The van der Waals surface area contributed by atoms with E-state index in [4.69, 9.17) is 14.5 Å². The lowest BCUT2D eigenvalue weighted by Gasteiger charge is -2.27. The molecule has 0 N–H and O–H groups in total. The second-order valence-electron chi connectivity index (χ2n) is 8.25. The molecule has 6 nitrogen and oxygen atoms in total. The van der Waals surface area contributed by atoms with Crippen molar-refractivity contribution in [3.63, 3.8) is 0 Å². The van der Waals surface area contributed by atoms with Gasteiger partial charge in [-0.2, -0.15) is 0 Å². The molecule has 1 fully saturated rings. The summed E-state index contributed by atoms with van der Waals surface area (Å²) in [5.41, 5.74) is 5.66. The number of para-hydroxylation sites is 1. The van der Waals surface area contributed by atoms with Crippen molar-refractivity contribution in [2.45, 2.75) is 12.8 Å². The maximum absolute atomic E-state index is 13.6. The predicted molar refractivity (Wildman–Crippen MR) is 124 cm³/mol. The number of ether oxygens (including phenoxy) is 2. The Morgan fingerprint density at radius 3 is 2.72 bits per heavy atom. The second-order valence-corrected chi connectivity index (χ2v) is 9.95. The van der Waals surface area contributed by atoms with Crippen molar-refractivity contribution in [3.05, 3.63) is 64.8 Å². The monoisotopic (exact) mass is 446 g/mol. The van der Waals surface area contributed by atoms with E-state index in [0.29, 0.717) is 24.6 Å². The van der Waals surface area contributed by atoms with E-state index in [-0.39, 0.29) is 12.7 Å². The van der Waals surface area contributed by atoms with E-state index in [1.165, 1.54) is 0 Å². The fraction of sp³-hybridized carbons (Fsp3) is 0.280. The Hall–Kier alpha value is -3.19. The molecule has 3 aliphatic rings. The van der Waals surface area contributed by atoms with Crippen LogP contribution in [0.3, 0.4) is 0 Å². The van der Waals surface area contributed by atoms with Crippen LogP contribution in [0.5, 0.6) is 11.5 Å². The number of fused-ring (bicyclic) bond motifs is 3. The molecule has 0 atom stereocenters. The average Bonchev–Trinajstić information content (AvgIpc) is 3.44. The number of pyridine rings is 1. The first-order chi connectivity index (χ1) is 15.7. The van der Waals surface area contributed by atoms with E-state index < -0.39 is 10.8 Å². The summed E-state index contributed by atoms with van der Waals surface area (Å²) < 4.78 is 22.7. The molecule has 3 aromatic rings. The summed E-state index contributed by atoms with van der Waals surface area (Å²) in [5.74, 6) is 2.64. The Morgan fingerprint density at radius 2 is 1.84 bits per heavy atom. The topological polar surface area (TPSA) is 68.7 Å². The number of carbonyl (C=O) groups is 1. The Morgan fingerprint density at radius 1 is 1.03 bits per heavy atom. The normalized spacial score (nSPS) is 19.0. The lowest BCUT2D eigenvalue weighted by Crippen LogP contribution is -2.42. The molecule has 7 heteroatoms. The van der Waals surface area contributed by atoms with Gasteiger partial charge in [-0.05, 0) is 53.8 Å². The molecule has 0 saturated carbocycles. The van der Waals surface area contributed by atoms with Crippen molar-refractivity contribution >= 4 is 39.3 Å². The third-order valence-corrected chi connectivity index (χ3v) is 7.63. The van der Waals surface area contributed by atoms with Crippen molar-refractivity contribution in [3.8, 4) is 11.5 Å². The van der Waals surface area contributed by atoms with Crippen molar-refractivity contribution < 1.29 is 18.5 Å². The molecule has 6 rings (SSSR count). The number of aromatic nitrogens is 1. The van der Waals surface area contributed by atoms with Gasteiger partial charge in [0.2, 0.25) is 6.79 Å². The third-order valence-electron chi connectivity index (χ3n) is 6.36. The summed E-state index contributed by atoms with van der Waals surface area (Å²) in [4.78, 5) is 20.4. The predicted octanol–water partition coefficient (Wildman–Crippen LogP) is 3.65. The number of amides is 1. The molecule has 2 aromatic carbocycles. The number of rotatable bonds is 2. The number of nitrogens with zero attached hydrogens (tertiary/aromatic N) is 2. The van der Waals surface area contributed by atoms with E-state index in [1.54, 1.807) is 0 Å². The van der Waals surface area contributed by atoms with Gasteiger partial charge in [0.05, 0.1) is 16.8 Å². The SMILES string of the molecule is O=C(c1c2c(nc3ccccc13)/C(=C\c1ccc3c(c1)OCO3)CC2)N1CCS(=O)CC1. The molecule has 1 aliphatic carbocycles. The quantitative estimate of drug-likeness (QED) is 0.601. The highest BCUT2D eigenvalue weighted by atomic mass is 32.2. The lowest BCUT2D eigenvalue weighted by molar-refractivity contribution is 0.0772. The number of hydrogen-bond donors (Lipinski definition) is 0. The van der Waals surface area contributed by atoms with E-state index in [0.717, 1.165) is 63.2 Å². The first-order valence-electron chi connectivity index (χ1n) is 10.8. The van der Waals surface area contributed by atoms with Crippen molar-refractivity contribution in [2.24, 2.45) is 0 Å². The number of hydrogen-bond acceptors (Lipinski definition) is 5. The Balaban J connectivity index is 1.45. The number of benzene rings is 2. The van der Waals surface area contributed by atoms with Crippen LogP contribution in [-0.2, 0) is 17.2 Å². The Labute approximate surface area is 188 Å². The standard InChI is InChI=1S/C25H22N2O4S/c28-25(27-9-11-32(29)12-10-27)23-18-3-1-2-4-20(18)26-24-17(6-7-19(23)24)13-16-5-8-21-22(14-16)31-15-30-21/h1-5,8,13-14H,6-7,9-12,15H2/b17-13-. The number of carbonyl (C=O) groups excluding carboxylic acids is 1. The highest BCUT2D eigenvalue weighted by molar-refractivity contribution is 7.85. The molecular weight excluding hydrogens is 424 g/mol. The second kappa shape index (κ2) is 7.74. The lowest BCUT2D eigenvalue weighted by atomic mass is 9.99. The van der Waals surface area contributed by atoms with Crippen LogP contribution < -0.4 is 9.47 Å². The Bertz CT molecular complexity index is 1310. The third kappa shape index (κ3) is 3.28. The molecule has 0 spiro atoms. The Kier molecular flexibility index (Phi) is 4.72. The maximum atomic E-state index is 13.6.